The maximum atomic E-state index is 8.60. The van der Waals surface area contributed by atoms with Gasteiger partial charge in [0.05, 0.1) is 14.9 Å². The smallest absolute Gasteiger partial charge is 0.0777 e. The van der Waals surface area contributed by atoms with Crippen molar-refractivity contribution in [3.8, 4) is 0 Å². The van der Waals surface area contributed by atoms with Crippen molar-refractivity contribution < 1.29 is 28.9 Å². The van der Waals surface area contributed by atoms with Crippen molar-refractivity contribution in [2.24, 2.45) is 0 Å². The Morgan fingerprint density at radius 3 is 1.46 bits per heavy atom. The number of halogens is 1. The van der Waals surface area contributed by atoms with Gasteiger partial charge in [0, 0.05) is 0 Å². The SMILES string of the molecule is CCCN(CC)CC.[O-][Cl+3]([O-])([O-])O. The van der Waals surface area contributed by atoms with Crippen molar-refractivity contribution in [2.45, 2.75) is 27.2 Å². The molecule has 0 aromatic rings. The number of nitrogens with zero attached hydrogens (tertiary/aromatic N) is 1. The van der Waals surface area contributed by atoms with E-state index in [9.17, 15) is 0 Å². The molecule has 0 aliphatic heterocycles. The van der Waals surface area contributed by atoms with Crippen LogP contribution >= 0.6 is 0 Å². The minimum Gasteiger partial charge on any atom is -0.304 e. The van der Waals surface area contributed by atoms with E-state index in [0.717, 1.165) is 0 Å². The summed E-state index contributed by atoms with van der Waals surface area (Å²) in [5.41, 5.74) is 0. The molecule has 1 N–H and O–H groups in total. The summed E-state index contributed by atoms with van der Waals surface area (Å²) in [6.45, 7) is 10.3. The van der Waals surface area contributed by atoms with E-state index < -0.39 is 10.2 Å². The number of hydrogen-bond acceptors (Lipinski definition) is 5. The fourth-order valence-corrected chi connectivity index (χ4v) is 0.856. The zero-order valence-corrected chi connectivity index (χ0v) is 9.08. The third-order valence-electron chi connectivity index (χ3n) is 1.43. The highest BCUT2D eigenvalue weighted by molar-refractivity contribution is 4.47. The zero-order chi connectivity index (χ0) is 10.9. The summed E-state index contributed by atoms with van der Waals surface area (Å²) >= 11 is 0. The predicted octanol–water partition coefficient (Wildman–Crippen LogP) is -2.39. The molecule has 0 saturated heterocycles. The average molecular weight is 216 g/mol. The molecule has 82 valence electrons. The lowest BCUT2D eigenvalue weighted by Gasteiger charge is -2.15. The molecule has 0 aromatic carbocycles. The third kappa shape index (κ3) is 24.5. The van der Waals surface area contributed by atoms with Crippen LogP contribution in [0, 0.1) is 10.2 Å². The lowest BCUT2D eigenvalue weighted by molar-refractivity contribution is -1.92. The first kappa shape index (κ1) is 15.6. The Labute approximate surface area is 81.3 Å². The van der Waals surface area contributed by atoms with Crippen molar-refractivity contribution >= 4 is 0 Å². The maximum Gasteiger partial charge on any atom is 0.0777 e. The van der Waals surface area contributed by atoms with Gasteiger partial charge in [0.2, 0.25) is 0 Å². The summed E-state index contributed by atoms with van der Waals surface area (Å²) in [4.78, 5) is 2.43. The Morgan fingerprint density at radius 1 is 1.08 bits per heavy atom. The highest BCUT2D eigenvalue weighted by atomic mass is 35.7. The van der Waals surface area contributed by atoms with Gasteiger partial charge in [-0.05, 0) is 26.1 Å². The van der Waals surface area contributed by atoms with Crippen molar-refractivity contribution in [1.82, 2.24) is 4.90 Å². The van der Waals surface area contributed by atoms with Crippen LogP contribution in [0.3, 0.4) is 0 Å². The Kier molecular flexibility index (Phi) is 10.4. The summed E-state index contributed by atoms with van der Waals surface area (Å²) in [5.74, 6) is 0. The van der Waals surface area contributed by atoms with Crippen LogP contribution in [-0.4, -0.2) is 29.2 Å². The molecule has 0 saturated carbocycles. The third-order valence-corrected chi connectivity index (χ3v) is 1.43. The van der Waals surface area contributed by atoms with Crippen LogP contribution in [0.15, 0.2) is 0 Å². The molecule has 0 heterocycles. The van der Waals surface area contributed by atoms with Gasteiger partial charge in [-0.25, -0.2) is 0 Å². The van der Waals surface area contributed by atoms with E-state index >= 15 is 0 Å². The molecule has 0 radical (unpaired) electrons. The Hall–Kier alpha value is 0.0900. The normalized spacial score (nSPS) is 11.1. The molecule has 0 unspecified atom stereocenters. The van der Waals surface area contributed by atoms with Gasteiger partial charge >= 0.3 is 0 Å². The summed E-state index contributed by atoms with van der Waals surface area (Å²) in [6.07, 6.45) is 1.28. The van der Waals surface area contributed by atoms with Gasteiger partial charge in [-0.2, -0.15) is 14.0 Å². The summed E-state index contributed by atoms with van der Waals surface area (Å²) in [5, 5.41) is 0. The molecule has 0 fully saturated rings. The first-order valence-electron chi connectivity index (χ1n) is 4.20. The van der Waals surface area contributed by atoms with Gasteiger partial charge in [0.25, 0.3) is 0 Å². The second kappa shape index (κ2) is 8.68. The van der Waals surface area contributed by atoms with E-state index in [-0.39, 0.29) is 0 Å². The van der Waals surface area contributed by atoms with Gasteiger partial charge in [0.15, 0.2) is 0 Å². The lowest BCUT2D eigenvalue weighted by atomic mass is 10.4. The molecule has 5 nitrogen and oxygen atoms in total. The number of rotatable bonds is 4. The molecule has 13 heavy (non-hydrogen) atoms. The number of hydrogen-bond donors (Lipinski definition) is 1. The second-order valence-corrected chi connectivity index (χ2v) is 3.21. The second-order valence-electron chi connectivity index (χ2n) is 2.42. The van der Waals surface area contributed by atoms with Gasteiger partial charge < -0.3 is 4.90 Å². The average Bonchev–Trinajstić information content (AvgIpc) is 1.97. The molecule has 0 atom stereocenters. The Bertz CT molecular complexity index is 97.2. The van der Waals surface area contributed by atoms with Gasteiger partial charge in [-0.15, -0.1) is 0 Å². The van der Waals surface area contributed by atoms with Crippen molar-refractivity contribution in [2.75, 3.05) is 19.6 Å². The molecule has 0 rings (SSSR count). The molecular formula is C7H18ClNO4. The predicted molar refractivity (Wildman–Crippen MR) is 40.3 cm³/mol. The monoisotopic (exact) mass is 215 g/mol. The minimum atomic E-state index is -4.69. The zero-order valence-electron chi connectivity index (χ0n) is 8.33. The van der Waals surface area contributed by atoms with E-state index in [4.69, 9.17) is 18.6 Å². The van der Waals surface area contributed by atoms with Crippen molar-refractivity contribution in [3.63, 3.8) is 0 Å². The highest BCUT2D eigenvalue weighted by Gasteiger charge is 1.98. The molecule has 0 amide bonds. The quantitative estimate of drug-likeness (QED) is 0.565. The molecular weight excluding hydrogens is 198 g/mol. The largest absolute Gasteiger partial charge is 0.304 e. The van der Waals surface area contributed by atoms with E-state index in [1.807, 2.05) is 0 Å². The Balaban J connectivity index is 0. The van der Waals surface area contributed by atoms with Crippen LogP contribution in [0.5, 0.6) is 0 Å². The fraction of sp³-hybridized carbons (Fsp3) is 1.00. The summed E-state index contributed by atoms with van der Waals surface area (Å²) in [7, 11) is -4.69. The van der Waals surface area contributed by atoms with Crippen LogP contribution in [0.25, 0.3) is 0 Å². The summed E-state index contributed by atoms with van der Waals surface area (Å²) < 4.78 is 32.7. The molecule has 0 bridgehead atoms. The standard InChI is InChI=1S/C7H17N.ClHO4/c1-4-7-8(5-2)6-3;2-1(3,4)5/h4-7H2,1-3H3;(H,2,3,4,5). The van der Waals surface area contributed by atoms with Crippen LogP contribution < -0.4 is 14.0 Å². The van der Waals surface area contributed by atoms with Crippen molar-refractivity contribution in [1.29, 1.82) is 0 Å². The first-order chi connectivity index (χ1) is 5.85. The maximum absolute atomic E-state index is 8.60. The fourth-order valence-electron chi connectivity index (χ4n) is 0.856. The van der Waals surface area contributed by atoms with E-state index in [2.05, 4.69) is 25.7 Å². The summed E-state index contributed by atoms with van der Waals surface area (Å²) in [6, 6.07) is 0. The van der Waals surface area contributed by atoms with Crippen LogP contribution in [0.4, 0.5) is 0 Å². The lowest BCUT2D eigenvalue weighted by Crippen LogP contribution is -2.58. The van der Waals surface area contributed by atoms with Gasteiger partial charge in [0.1, 0.15) is 0 Å². The molecule has 0 aliphatic rings. The van der Waals surface area contributed by atoms with Crippen LogP contribution in [0.2, 0.25) is 0 Å². The first-order valence-corrected chi connectivity index (χ1v) is 5.47. The Morgan fingerprint density at radius 2 is 1.38 bits per heavy atom. The molecule has 6 heteroatoms. The van der Waals surface area contributed by atoms with Gasteiger partial charge in [-0.3, -0.25) is 0 Å². The van der Waals surface area contributed by atoms with Crippen LogP contribution in [0.1, 0.15) is 27.2 Å². The van der Waals surface area contributed by atoms with E-state index in [1.54, 1.807) is 0 Å². The molecule has 0 aliphatic carbocycles. The molecule has 0 spiro atoms. The highest BCUT2D eigenvalue weighted by Crippen LogP contribution is 1.87. The minimum absolute atomic E-state index is 1.20. The van der Waals surface area contributed by atoms with Crippen LogP contribution in [-0.2, 0) is 0 Å². The molecule has 0 aromatic heterocycles. The topological polar surface area (TPSA) is 92.7 Å². The van der Waals surface area contributed by atoms with Gasteiger partial charge in [-0.1, -0.05) is 20.8 Å². The van der Waals surface area contributed by atoms with E-state index in [0.29, 0.717) is 0 Å². The van der Waals surface area contributed by atoms with E-state index in [1.165, 1.54) is 26.1 Å². The van der Waals surface area contributed by atoms with Crippen molar-refractivity contribution in [3.05, 3.63) is 0 Å².